The molecule has 1 fully saturated rings. The van der Waals surface area contributed by atoms with Gasteiger partial charge in [0.1, 0.15) is 0 Å². The van der Waals surface area contributed by atoms with Crippen molar-refractivity contribution in [2.75, 3.05) is 13.6 Å². The maximum atomic E-state index is 12.9. The highest BCUT2D eigenvalue weighted by Crippen LogP contribution is 2.51. The van der Waals surface area contributed by atoms with E-state index in [1.807, 2.05) is 24.4 Å². The summed E-state index contributed by atoms with van der Waals surface area (Å²) in [6.07, 6.45) is 4.01. The monoisotopic (exact) mass is 374 g/mol. The predicted octanol–water partition coefficient (Wildman–Crippen LogP) is 4.17. The van der Waals surface area contributed by atoms with E-state index in [1.165, 1.54) is 21.3 Å². The summed E-state index contributed by atoms with van der Waals surface area (Å²) in [6.45, 7) is 0.462. The molecule has 4 nitrogen and oxygen atoms in total. The molecule has 6 heteroatoms. The minimum absolute atomic E-state index is 0.111. The van der Waals surface area contributed by atoms with E-state index >= 15 is 0 Å². The van der Waals surface area contributed by atoms with Gasteiger partial charge in [0.2, 0.25) is 10.0 Å². The van der Waals surface area contributed by atoms with E-state index in [1.54, 1.807) is 25.2 Å². The Kier molecular flexibility index (Phi) is 3.90. The zero-order valence-corrected chi connectivity index (χ0v) is 15.4. The lowest BCUT2D eigenvalue weighted by atomic mass is 9.95. The number of likely N-dealkylation sites (N-methyl/N-ethyl adjacent to an activating group) is 1. The molecular weight excluding hydrogens is 356 g/mol. The second kappa shape index (κ2) is 5.87. The van der Waals surface area contributed by atoms with Crippen molar-refractivity contribution in [3.05, 3.63) is 65.3 Å². The van der Waals surface area contributed by atoms with Crippen LogP contribution in [-0.2, 0) is 15.4 Å². The molecule has 1 aromatic heterocycles. The summed E-state index contributed by atoms with van der Waals surface area (Å²) in [5.41, 5.74) is 2.18. The van der Waals surface area contributed by atoms with E-state index in [0.717, 1.165) is 18.4 Å². The molecule has 0 amide bonds. The molecule has 0 radical (unpaired) electrons. The number of H-pyrrole nitrogens is 1. The van der Waals surface area contributed by atoms with Crippen LogP contribution in [0.4, 0.5) is 0 Å². The molecule has 1 saturated carbocycles. The first kappa shape index (κ1) is 16.6. The van der Waals surface area contributed by atoms with Crippen molar-refractivity contribution in [2.45, 2.75) is 23.2 Å². The largest absolute Gasteiger partial charge is 0.361 e. The Bertz CT molecular complexity index is 1040. The SMILES string of the molecule is CN(CC1(c2c[nH]c3ccccc23)CC1)S(=O)(=O)c1cccc(Cl)c1. The normalized spacial score (nSPS) is 16.4. The lowest BCUT2D eigenvalue weighted by molar-refractivity contribution is 0.428. The number of sulfonamides is 1. The number of aromatic nitrogens is 1. The van der Waals surface area contributed by atoms with Crippen LogP contribution in [0.15, 0.2) is 59.6 Å². The Hall–Kier alpha value is -1.82. The van der Waals surface area contributed by atoms with Gasteiger partial charge in [0.15, 0.2) is 0 Å². The molecule has 1 heterocycles. The number of aromatic amines is 1. The van der Waals surface area contributed by atoms with Crippen molar-refractivity contribution in [1.82, 2.24) is 9.29 Å². The van der Waals surface area contributed by atoms with Gasteiger partial charge >= 0.3 is 0 Å². The summed E-state index contributed by atoms with van der Waals surface area (Å²) in [7, 11) is -1.92. The number of nitrogens with zero attached hydrogens (tertiary/aromatic N) is 1. The molecule has 1 N–H and O–H groups in total. The van der Waals surface area contributed by atoms with Gasteiger partial charge in [0.05, 0.1) is 4.90 Å². The van der Waals surface area contributed by atoms with Gasteiger partial charge in [-0.1, -0.05) is 35.9 Å². The topological polar surface area (TPSA) is 53.2 Å². The van der Waals surface area contributed by atoms with E-state index in [9.17, 15) is 8.42 Å². The first-order valence-electron chi connectivity index (χ1n) is 8.21. The molecule has 0 aliphatic heterocycles. The molecule has 0 unspecified atom stereocenters. The molecule has 25 heavy (non-hydrogen) atoms. The summed E-state index contributed by atoms with van der Waals surface area (Å²) in [4.78, 5) is 3.53. The van der Waals surface area contributed by atoms with Gasteiger partial charge in [-0.25, -0.2) is 12.7 Å². The van der Waals surface area contributed by atoms with Gasteiger partial charge in [-0.05, 0) is 42.7 Å². The van der Waals surface area contributed by atoms with Crippen molar-refractivity contribution >= 4 is 32.5 Å². The first-order chi connectivity index (χ1) is 11.9. The summed E-state index contributed by atoms with van der Waals surface area (Å²) in [5.74, 6) is 0. The average molecular weight is 375 g/mol. The maximum absolute atomic E-state index is 12.9. The standard InChI is InChI=1S/C19H19ClN2O2S/c1-22(25(23,24)15-6-4-5-14(20)11-15)13-19(9-10-19)17-12-21-18-8-3-2-7-16(17)18/h2-8,11-12,21H,9-10,13H2,1H3. The summed E-state index contributed by atoms with van der Waals surface area (Å²) < 4.78 is 27.2. The fraction of sp³-hybridized carbons (Fsp3) is 0.263. The average Bonchev–Trinajstić information content (AvgIpc) is 3.23. The highest BCUT2D eigenvalue weighted by Gasteiger charge is 2.48. The number of benzene rings is 2. The highest BCUT2D eigenvalue weighted by molar-refractivity contribution is 7.89. The van der Waals surface area contributed by atoms with Gasteiger partial charge < -0.3 is 4.98 Å². The second-order valence-corrected chi connectivity index (χ2v) is 9.23. The molecule has 130 valence electrons. The van der Waals surface area contributed by atoms with Gasteiger partial charge in [-0.2, -0.15) is 0 Å². The molecule has 0 atom stereocenters. The van der Waals surface area contributed by atoms with Crippen LogP contribution in [0.3, 0.4) is 0 Å². The summed E-state index contributed by atoms with van der Waals surface area (Å²) >= 11 is 5.96. The number of rotatable bonds is 5. The van der Waals surface area contributed by atoms with E-state index in [0.29, 0.717) is 11.6 Å². The molecule has 0 saturated heterocycles. The molecule has 2 aromatic carbocycles. The molecular formula is C19H19ClN2O2S. The second-order valence-electron chi connectivity index (χ2n) is 6.75. The molecule has 1 aliphatic rings. The fourth-order valence-corrected chi connectivity index (χ4v) is 5.05. The number of fused-ring (bicyclic) bond motifs is 1. The van der Waals surface area contributed by atoms with Crippen LogP contribution in [0, 0.1) is 0 Å². The maximum Gasteiger partial charge on any atom is 0.242 e. The third-order valence-corrected chi connectivity index (χ3v) is 7.08. The van der Waals surface area contributed by atoms with Gasteiger partial charge in [-0.15, -0.1) is 0 Å². The summed E-state index contributed by atoms with van der Waals surface area (Å²) in [5, 5.41) is 1.60. The lowest BCUT2D eigenvalue weighted by Crippen LogP contribution is -2.34. The molecule has 0 spiro atoms. The van der Waals surface area contributed by atoms with E-state index in [4.69, 9.17) is 11.6 Å². The number of hydrogen-bond acceptors (Lipinski definition) is 2. The van der Waals surface area contributed by atoms with Crippen LogP contribution in [-0.4, -0.2) is 31.3 Å². The van der Waals surface area contributed by atoms with Crippen LogP contribution >= 0.6 is 11.6 Å². The Labute approximate surface area is 152 Å². The quantitative estimate of drug-likeness (QED) is 0.728. The number of para-hydroxylation sites is 1. The smallest absolute Gasteiger partial charge is 0.242 e. The van der Waals surface area contributed by atoms with Crippen molar-refractivity contribution in [3.8, 4) is 0 Å². The van der Waals surface area contributed by atoms with E-state index in [-0.39, 0.29) is 10.3 Å². The Morgan fingerprint density at radius 2 is 1.92 bits per heavy atom. The molecule has 4 rings (SSSR count). The predicted molar refractivity (Wildman–Crippen MR) is 100 cm³/mol. The number of nitrogens with one attached hydrogen (secondary N) is 1. The third kappa shape index (κ3) is 2.86. The molecule has 3 aromatic rings. The van der Waals surface area contributed by atoms with E-state index in [2.05, 4.69) is 11.1 Å². The lowest BCUT2D eigenvalue weighted by Gasteiger charge is -2.23. The Morgan fingerprint density at radius 3 is 2.64 bits per heavy atom. The number of hydrogen-bond donors (Lipinski definition) is 1. The van der Waals surface area contributed by atoms with Crippen LogP contribution in [0.1, 0.15) is 18.4 Å². The zero-order valence-electron chi connectivity index (χ0n) is 13.9. The van der Waals surface area contributed by atoms with Crippen LogP contribution in [0.2, 0.25) is 5.02 Å². The van der Waals surface area contributed by atoms with Crippen LogP contribution in [0.25, 0.3) is 10.9 Å². The van der Waals surface area contributed by atoms with Gasteiger partial charge in [0.25, 0.3) is 0 Å². The number of halogens is 1. The van der Waals surface area contributed by atoms with Crippen LogP contribution in [0.5, 0.6) is 0 Å². The fourth-order valence-electron chi connectivity index (χ4n) is 3.49. The van der Waals surface area contributed by atoms with Crippen LogP contribution < -0.4 is 0 Å². The Morgan fingerprint density at radius 1 is 1.16 bits per heavy atom. The molecule has 0 bridgehead atoms. The van der Waals surface area contributed by atoms with Crippen molar-refractivity contribution in [1.29, 1.82) is 0 Å². The Balaban J connectivity index is 1.65. The van der Waals surface area contributed by atoms with Gasteiger partial charge in [-0.3, -0.25) is 0 Å². The van der Waals surface area contributed by atoms with E-state index < -0.39 is 10.0 Å². The van der Waals surface area contributed by atoms with Crippen molar-refractivity contribution in [2.24, 2.45) is 0 Å². The zero-order chi connectivity index (χ0) is 17.7. The minimum atomic E-state index is -3.56. The molecule has 1 aliphatic carbocycles. The van der Waals surface area contributed by atoms with Crippen molar-refractivity contribution < 1.29 is 8.42 Å². The van der Waals surface area contributed by atoms with Crippen molar-refractivity contribution in [3.63, 3.8) is 0 Å². The van der Waals surface area contributed by atoms with Gasteiger partial charge in [0, 0.05) is 41.1 Å². The third-order valence-electron chi connectivity index (χ3n) is 5.04. The minimum Gasteiger partial charge on any atom is -0.361 e. The first-order valence-corrected chi connectivity index (χ1v) is 10.0. The highest BCUT2D eigenvalue weighted by atomic mass is 35.5. The summed E-state index contributed by atoms with van der Waals surface area (Å²) in [6, 6.07) is 14.6.